The smallest absolute Gasteiger partial charge is 0.160 e. The number of rotatable bonds is 4. The van der Waals surface area contributed by atoms with Crippen molar-refractivity contribution < 1.29 is 5.11 Å². The molecule has 2 heterocycles. The van der Waals surface area contributed by atoms with Crippen LogP contribution in [0.5, 0.6) is 0 Å². The Morgan fingerprint density at radius 2 is 2.00 bits per heavy atom. The molecule has 5 nitrogen and oxygen atoms in total. The topological polar surface area (TPSA) is 63.8 Å². The third kappa shape index (κ3) is 2.94. The molecule has 2 aromatic heterocycles. The first kappa shape index (κ1) is 13.7. The van der Waals surface area contributed by atoms with Crippen LogP contribution in [0, 0.1) is 0 Å². The van der Waals surface area contributed by atoms with Gasteiger partial charge in [-0.25, -0.2) is 9.97 Å². The Kier molecular flexibility index (Phi) is 3.94. The minimum Gasteiger partial charge on any atom is -0.386 e. The number of imidazole rings is 1. The van der Waals surface area contributed by atoms with E-state index in [2.05, 4.69) is 15.0 Å². The van der Waals surface area contributed by atoms with E-state index in [1.54, 1.807) is 37.1 Å². The summed E-state index contributed by atoms with van der Waals surface area (Å²) >= 11 is 6.11. The molecule has 0 aliphatic heterocycles. The third-order valence-corrected chi connectivity index (χ3v) is 3.49. The maximum absolute atomic E-state index is 10.4. The first-order valence-electron chi connectivity index (χ1n) is 6.45. The maximum atomic E-state index is 10.4. The largest absolute Gasteiger partial charge is 0.386 e. The molecule has 1 atom stereocenters. The zero-order valence-corrected chi connectivity index (χ0v) is 11.9. The summed E-state index contributed by atoms with van der Waals surface area (Å²) in [6.45, 7) is 0.343. The van der Waals surface area contributed by atoms with Crippen molar-refractivity contribution in [1.29, 1.82) is 0 Å². The molecule has 21 heavy (non-hydrogen) atoms. The van der Waals surface area contributed by atoms with E-state index in [0.717, 1.165) is 0 Å². The van der Waals surface area contributed by atoms with Gasteiger partial charge in [-0.05, 0) is 6.07 Å². The van der Waals surface area contributed by atoms with Gasteiger partial charge in [0.05, 0.1) is 18.8 Å². The van der Waals surface area contributed by atoms with Crippen LogP contribution in [0.25, 0.3) is 11.5 Å². The Hall–Kier alpha value is -2.24. The first-order valence-corrected chi connectivity index (χ1v) is 6.83. The normalized spacial score (nSPS) is 12.3. The van der Waals surface area contributed by atoms with Crippen LogP contribution in [0.4, 0.5) is 0 Å². The lowest BCUT2D eigenvalue weighted by atomic mass is 10.1. The van der Waals surface area contributed by atoms with Crippen LogP contribution in [0.15, 0.2) is 55.2 Å². The van der Waals surface area contributed by atoms with E-state index in [1.165, 1.54) is 0 Å². The van der Waals surface area contributed by atoms with Crippen molar-refractivity contribution in [2.75, 3.05) is 0 Å². The van der Waals surface area contributed by atoms with Crippen LogP contribution in [0.3, 0.4) is 0 Å². The molecule has 0 aliphatic rings. The zero-order chi connectivity index (χ0) is 14.7. The number of aromatic nitrogens is 4. The summed E-state index contributed by atoms with van der Waals surface area (Å²) in [5.74, 6) is 0.661. The first-order chi connectivity index (χ1) is 10.3. The molecule has 3 aromatic rings. The molecule has 1 aromatic carbocycles. The average molecular weight is 301 g/mol. The summed E-state index contributed by atoms with van der Waals surface area (Å²) in [7, 11) is 0. The lowest BCUT2D eigenvalue weighted by Crippen LogP contribution is -2.10. The summed E-state index contributed by atoms with van der Waals surface area (Å²) in [4.78, 5) is 12.5. The molecule has 0 saturated carbocycles. The molecular formula is C15H13ClN4O. The predicted octanol–water partition coefficient (Wildman–Crippen LogP) is 2.73. The van der Waals surface area contributed by atoms with E-state index in [4.69, 9.17) is 11.6 Å². The van der Waals surface area contributed by atoms with E-state index in [1.807, 2.05) is 22.8 Å². The molecular weight excluding hydrogens is 288 g/mol. The van der Waals surface area contributed by atoms with E-state index in [9.17, 15) is 5.11 Å². The van der Waals surface area contributed by atoms with Gasteiger partial charge in [0.25, 0.3) is 0 Å². The second kappa shape index (κ2) is 6.03. The highest BCUT2D eigenvalue weighted by atomic mass is 35.5. The molecule has 1 N–H and O–H groups in total. The maximum Gasteiger partial charge on any atom is 0.160 e. The van der Waals surface area contributed by atoms with Gasteiger partial charge in [-0.15, -0.1) is 0 Å². The fourth-order valence-electron chi connectivity index (χ4n) is 2.13. The van der Waals surface area contributed by atoms with Gasteiger partial charge in [0.15, 0.2) is 5.82 Å². The number of hydrogen-bond acceptors (Lipinski definition) is 4. The second-order valence-electron chi connectivity index (χ2n) is 4.53. The van der Waals surface area contributed by atoms with E-state index in [-0.39, 0.29) is 0 Å². The van der Waals surface area contributed by atoms with Gasteiger partial charge in [0, 0.05) is 35.4 Å². The molecule has 0 bridgehead atoms. The van der Waals surface area contributed by atoms with Gasteiger partial charge >= 0.3 is 0 Å². The van der Waals surface area contributed by atoms with E-state index >= 15 is 0 Å². The van der Waals surface area contributed by atoms with Crippen LogP contribution < -0.4 is 0 Å². The molecule has 3 rings (SSSR count). The monoisotopic (exact) mass is 300 g/mol. The Morgan fingerprint density at radius 1 is 1.14 bits per heavy atom. The van der Waals surface area contributed by atoms with Crippen LogP contribution in [0.1, 0.15) is 11.7 Å². The zero-order valence-electron chi connectivity index (χ0n) is 11.1. The van der Waals surface area contributed by atoms with Crippen LogP contribution in [0.2, 0.25) is 5.02 Å². The molecule has 0 radical (unpaired) electrons. The fraction of sp³-hybridized carbons (Fsp3) is 0.133. The van der Waals surface area contributed by atoms with Gasteiger partial charge in [0.1, 0.15) is 5.69 Å². The van der Waals surface area contributed by atoms with Gasteiger partial charge in [-0.2, -0.15) is 0 Å². The Labute approximate surface area is 126 Å². The van der Waals surface area contributed by atoms with Crippen molar-refractivity contribution in [3.05, 3.63) is 65.8 Å². The summed E-state index contributed by atoms with van der Waals surface area (Å²) in [6.07, 6.45) is 7.60. The van der Waals surface area contributed by atoms with Crippen molar-refractivity contribution >= 4 is 11.6 Å². The fourth-order valence-corrected chi connectivity index (χ4v) is 2.40. The SMILES string of the molecule is OC(Cn1ccnc1-c1cnccn1)c1ccccc1Cl. The molecule has 1 unspecified atom stereocenters. The number of benzene rings is 1. The summed E-state index contributed by atoms with van der Waals surface area (Å²) in [5.41, 5.74) is 1.35. The highest BCUT2D eigenvalue weighted by Gasteiger charge is 2.15. The van der Waals surface area contributed by atoms with Crippen molar-refractivity contribution in [3.8, 4) is 11.5 Å². The Bertz CT molecular complexity index is 729. The summed E-state index contributed by atoms with van der Waals surface area (Å²) in [5, 5.41) is 10.9. The highest BCUT2D eigenvalue weighted by Crippen LogP contribution is 2.25. The standard InChI is InChI=1S/C15H13ClN4O/c16-12-4-2-1-3-11(12)14(21)10-20-8-7-19-15(20)13-9-17-5-6-18-13/h1-9,14,21H,10H2. The minimum absolute atomic E-state index is 0.343. The summed E-state index contributed by atoms with van der Waals surface area (Å²) in [6, 6.07) is 7.26. The van der Waals surface area contributed by atoms with E-state index in [0.29, 0.717) is 28.6 Å². The Balaban J connectivity index is 1.87. The molecule has 0 spiro atoms. The highest BCUT2D eigenvalue weighted by molar-refractivity contribution is 6.31. The number of aliphatic hydroxyl groups excluding tert-OH is 1. The second-order valence-corrected chi connectivity index (χ2v) is 4.94. The number of aliphatic hydroxyl groups is 1. The number of hydrogen-bond donors (Lipinski definition) is 1. The quantitative estimate of drug-likeness (QED) is 0.804. The average Bonchev–Trinajstić information content (AvgIpc) is 2.96. The summed E-state index contributed by atoms with van der Waals surface area (Å²) < 4.78 is 1.83. The molecule has 0 fully saturated rings. The minimum atomic E-state index is -0.719. The molecule has 6 heteroatoms. The van der Waals surface area contributed by atoms with Crippen LogP contribution in [-0.2, 0) is 6.54 Å². The van der Waals surface area contributed by atoms with Crippen molar-refractivity contribution in [2.45, 2.75) is 12.6 Å². The van der Waals surface area contributed by atoms with Crippen LogP contribution in [-0.4, -0.2) is 24.6 Å². The predicted molar refractivity (Wildman–Crippen MR) is 79.7 cm³/mol. The van der Waals surface area contributed by atoms with Crippen molar-refractivity contribution in [3.63, 3.8) is 0 Å². The van der Waals surface area contributed by atoms with Gasteiger partial charge in [0.2, 0.25) is 0 Å². The van der Waals surface area contributed by atoms with Gasteiger partial charge in [-0.1, -0.05) is 29.8 Å². The van der Waals surface area contributed by atoms with Crippen LogP contribution >= 0.6 is 11.6 Å². The van der Waals surface area contributed by atoms with E-state index < -0.39 is 6.10 Å². The van der Waals surface area contributed by atoms with Crippen molar-refractivity contribution in [2.24, 2.45) is 0 Å². The van der Waals surface area contributed by atoms with Gasteiger partial charge in [-0.3, -0.25) is 4.98 Å². The van der Waals surface area contributed by atoms with Gasteiger partial charge < -0.3 is 9.67 Å². The molecule has 0 amide bonds. The number of nitrogens with zero attached hydrogens (tertiary/aromatic N) is 4. The molecule has 0 aliphatic carbocycles. The molecule has 0 saturated heterocycles. The lowest BCUT2D eigenvalue weighted by molar-refractivity contribution is 0.157. The number of halogens is 1. The molecule has 106 valence electrons. The Morgan fingerprint density at radius 3 is 2.76 bits per heavy atom. The lowest BCUT2D eigenvalue weighted by Gasteiger charge is -2.15. The van der Waals surface area contributed by atoms with Crippen molar-refractivity contribution in [1.82, 2.24) is 19.5 Å². The third-order valence-electron chi connectivity index (χ3n) is 3.14.